The van der Waals surface area contributed by atoms with E-state index in [-0.39, 0.29) is 0 Å². The van der Waals surface area contributed by atoms with Crippen LogP contribution in [0.15, 0.2) is 22.6 Å². The van der Waals surface area contributed by atoms with E-state index in [2.05, 4.69) is 33.3 Å². The van der Waals surface area contributed by atoms with E-state index < -0.39 is 0 Å². The van der Waals surface area contributed by atoms with Crippen molar-refractivity contribution >= 4 is 11.1 Å². The summed E-state index contributed by atoms with van der Waals surface area (Å²) in [5.41, 5.74) is 3.26. The number of piperidine rings is 1. The monoisotopic (exact) mass is 328 g/mol. The zero-order valence-corrected chi connectivity index (χ0v) is 14.5. The fraction of sp³-hybridized carbons (Fsp3) is 0.632. The molecule has 3 heterocycles. The first-order valence-electron chi connectivity index (χ1n) is 9.41. The molecule has 24 heavy (non-hydrogen) atoms. The van der Waals surface area contributed by atoms with Crippen molar-refractivity contribution in [3.05, 3.63) is 29.7 Å². The third-order valence-corrected chi connectivity index (χ3v) is 5.14. The number of aromatic nitrogens is 1. The molecule has 1 N–H and O–H groups in total. The van der Waals surface area contributed by atoms with Crippen LogP contribution in [0.25, 0.3) is 11.1 Å². The van der Waals surface area contributed by atoms with Crippen molar-refractivity contribution in [1.29, 1.82) is 0 Å². The van der Waals surface area contributed by atoms with Crippen molar-refractivity contribution < 1.29 is 4.42 Å². The summed E-state index contributed by atoms with van der Waals surface area (Å²) in [6, 6.07) is 6.49. The molecule has 0 saturated carbocycles. The molecule has 1 aromatic heterocycles. The molecular weight excluding hydrogens is 300 g/mol. The molecule has 0 atom stereocenters. The van der Waals surface area contributed by atoms with Gasteiger partial charge in [-0.1, -0.05) is 12.5 Å². The molecule has 0 unspecified atom stereocenters. The zero-order chi connectivity index (χ0) is 16.2. The lowest BCUT2D eigenvalue weighted by molar-refractivity contribution is 0.203. The maximum absolute atomic E-state index is 5.96. The quantitative estimate of drug-likeness (QED) is 0.935. The van der Waals surface area contributed by atoms with Crippen molar-refractivity contribution in [1.82, 2.24) is 20.1 Å². The van der Waals surface area contributed by atoms with Crippen LogP contribution in [-0.2, 0) is 13.1 Å². The number of benzene rings is 1. The third kappa shape index (κ3) is 3.97. The summed E-state index contributed by atoms with van der Waals surface area (Å²) in [5, 5.41) is 3.46. The number of likely N-dealkylation sites (tertiary alicyclic amines) is 1. The second kappa shape index (κ2) is 7.64. The molecule has 130 valence electrons. The Balaban J connectivity index is 1.44. The van der Waals surface area contributed by atoms with Crippen molar-refractivity contribution in [2.75, 3.05) is 39.3 Å². The summed E-state index contributed by atoms with van der Waals surface area (Å²) in [6.45, 7) is 8.72. The van der Waals surface area contributed by atoms with Gasteiger partial charge in [0.1, 0.15) is 5.52 Å². The molecule has 2 aromatic rings. The van der Waals surface area contributed by atoms with E-state index in [0.29, 0.717) is 0 Å². The van der Waals surface area contributed by atoms with E-state index in [1.807, 2.05) is 0 Å². The Morgan fingerprint density at radius 2 is 1.75 bits per heavy atom. The lowest BCUT2D eigenvalue weighted by atomic mass is 10.1. The molecule has 1 aromatic carbocycles. The standard InChI is InChI=1S/C19H28N4O/c1-2-9-22(10-3-1)15-19-21-17-13-16(5-6-18(17)24-19)14-23-11-4-7-20-8-12-23/h5-6,13,20H,1-4,7-12,14-15H2. The molecule has 2 saturated heterocycles. The predicted octanol–water partition coefficient (Wildman–Crippen LogP) is 2.61. The van der Waals surface area contributed by atoms with Crippen LogP contribution >= 0.6 is 0 Å². The van der Waals surface area contributed by atoms with E-state index >= 15 is 0 Å². The van der Waals surface area contributed by atoms with E-state index in [1.54, 1.807) is 0 Å². The van der Waals surface area contributed by atoms with Gasteiger partial charge in [0.25, 0.3) is 0 Å². The first-order valence-corrected chi connectivity index (χ1v) is 9.41. The fourth-order valence-electron chi connectivity index (χ4n) is 3.81. The minimum absolute atomic E-state index is 0.849. The van der Waals surface area contributed by atoms with Crippen molar-refractivity contribution in [2.24, 2.45) is 0 Å². The molecule has 0 amide bonds. The molecule has 0 radical (unpaired) electrons. The Kier molecular flexibility index (Phi) is 5.11. The van der Waals surface area contributed by atoms with Gasteiger partial charge in [-0.05, 0) is 63.1 Å². The number of rotatable bonds is 4. The molecule has 0 spiro atoms. The second-order valence-corrected chi connectivity index (χ2v) is 7.13. The van der Waals surface area contributed by atoms with Crippen LogP contribution in [0.1, 0.15) is 37.1 Å². The first kappa shape index (κ1) is 16.1. The molecular formula is C19H28N4O. The maximum atomic E-state index is 5.96. The van der Waals surface area contributed by atoms with Crippen LogP contribution in [0.5, 0.6) is 0 Å². The number of hydrogen-bond acceptors (Lipinski definition) is 5. The van der Waals surface area contributed by atoms with Gasteiger partial charge in [-0.15, -0.1) is 0 Å². The van der Waals surface area contributed by atoms with E-state index in [9.17, 15) is 0 Å². The average molecular weight is 328 g/mol. The van der Waals surface area contributed by atoms with Gasteiger partial charge in [0, 0.05) is 19.6 Å². The summed E-state index contributed by atoms with van der Waals surface area (Å²) in [4.78, 5) is 9.72. The van der Waals surface area contributed by atoms with Gasteiger partial charge in [-0.25, -0.2) is 4.98 Å². The number of fused-ring (bicyclic) bond motifs is 1. The third-order valence-electron chi connectivity index (χ3n) is 5.14. The Bertz CT molecular complexity index is 654. The van der Waals surface area contributed by atoms with Crippen molar-refractivity contribution in [3.63, 3.8) is 0 Å². The summed E-state index contributed by atoms with van der Waals surface area (Å²) in [5.74, 6) is 0.864. The van der Waals surface area contributed by atoms with Crippen LogP contribution < -0.4 is 5.32 Å². The Labute approximate surface area is 144 Å². The topological polar surface area (TPSA) is 44.5 Å². The highest BCUT2D eigenvalue weighted by Crippen LogP contribution is 2.20. The Morgan fingerprint density at radius 1 is 0.917 bits per heavy atom. The SMILES string of the molecule is c1cc2oc(CN3CCCCC3)nc2cc1CN1CCCNCC1. The Morgan fingerprint density at radius 3 is 2.67 bits per heavy atom. The summed E-state index contributed by atoms with van der Waals surface area (Å²) in [7, 11) is 0. The highest BCUT2D eigenvalue weighted by Gasteiger charge is 2.15. The molecule has 2 aliphatic heterocycles. The van der Waals surface area contributed by atoms with E-state index in [4.69, 9.17) is 9.40 Å². The molecule has 2 aliphatic rings. The van der Waals surface area contributed by atoms with Crippen LogP contribution in [0.3, 0.4) is 0 Å². The Hall–Kier alpha value is -1.43. The molecule has 2 fully saturated rings. The average Bonchev–Trinajstić information content (AvgIpc) is 2.81. The summed E-state index contributed by atoms with van der Waals surface area (Å²) < 4.78 is 5.96. The van der Waals surface area contributed by atoms with Gasteiger partial charge in [0.15, 0.2) is 5.58 Å². The minimum Gasteiger partial charge on any atom is -0.439 e. The lowest BCUT2D eigenvalue weighted by Gasteiger charge is -2.24. The van der Waals surface area contributed by atoms with Gasteiger partial charge < -0.3 is 9.73 Å². The zero-order valence-electron chi connectivity index (χ0n) is 14.5. The lowest BCUT2D eigenvalue weighted by Crippen LogP contribution is -2.29. The van der Waals surface area contributed by atoms with Crippen molar-refractivity contribution in [3.8, 4) is 0 Å². The summed E-state index contributed by atoms with van der Waals surface area (Å²) >= 11 is 0. The second-order valence-electron chi connectivity index (χ2n) is 7.13. The van der Waals surface area contributed by atoms with E-state index in [0.717, 1.165) is 49.7 Å². The largest absolute Gasteiger partial charge is 0.439 e. The van der Waals surface area contributed by atoms with Crippen LogP contribution in [0.2, 0.25) is 0 Å². The van der Waals surface area contributed by atoms with Crippen LogP contribution in [0.4, 0.5) is 0 Å². The molecule has 4 rings (SSSR count). The molecule has 0 aliphatic carbocycles. The smallest absolute Gasteiger partial charge is 0.209 e. The molecule has 5 nitrogen and oxygen atoms in total. The fourth-order valence-corrected chi connectivity index (χ4v) is 3.81. The molecule has 0 bridgehead atoms. The van der Waals surface area contributed by atoms with Gasteiger partial charge in [0.2, 0.25) is 5.89 Å². The van der Waals surface area contributed by atoms with Crippen LogP contribution in [0, 0.1) is 0 Å². The predicted molar refractivity (Wildman–Crippen MR) is 95.9 cm³/mol. The molecule has 5 heteroatoms. The highest BCUT2D eigenvalue weighted by atomic mass is 16.3. The highest BCUT2D eigenvalue weighted by molar-refractivity contribution is 5.73. The number of nitrogens with zero attached hydrogens (tertiary/aromatic N) is 3. The number of nitrogens with one attached hydrogen (secondary N) is 1. The van der Waals surface area contributed by atoms with Gasteiger partial charge in [-0.2, -0.15) is 0 Å². The minimum atomic E-state index is 0.849. The number of hydrogen-bond donors (Lipinski definition) is 1. The van der Waals surface area contributed by atoms with Gasteiger partial charge in [-0.3, -0.25) is 9.80 Å². The normalized spacial score (nSPS) is 21.2. The van der Waals surface area contributed by atoms with Gasteiger partial charge in [0.05, 0.1) is 6.54 Å². The maximum Gasteiger partial charge on any atom is 0.209 e. The van der Waals surface area contributed by atoms with E-state index in [1.165, 1.54) is 50.9 Å². The van der Waals surface area contributed by atoms with Crippen molar-refractivity contribution in [2.45, 2.75) is 38.8 Å². The number of oxazole rings is 1. The summed E-state index contributed by atoms with van der Waals surface area (Å²) in [6.07, 6.45) is 5.19. The van der Waals surface area contributed by atoms with Gasteiger partial charge >= 0.3 is 0 Å². The first-order chi connectivity index (χ1) is 11.9. The van der Waals surface area contributed by atoms with Crippen LogP contribution in [-0.4, -0.2) is 54.1 Å².